The van der Waals surface area contributed by atoms with E-state index in [1.165, 1.54) is 0 Å². The van der Waals surface area contributed by atoms with Crippen LogP contribution in [0.15, 0.2) is 84.4 Å². The predicted octanol–water partition coefficient (Wildman–Crippen LogP) is 6.33. The van der Waals surface area contributed by atoms with E-state index in [-0.39, 0.29) is 11.7 Å². The van der Waals surface area contributed by atoms with E-state index in [4.69, 9.17) is 16.6 Å². The van der Waals surface area contributed by atoms with Crippen LogP contribution < -0.4 is 4.90 Å². The van der Waals surface area contributed by atoms with Crippen molar-refractivity contribution >= 4 is 28.9 Å². The Morgan fingerprint density at radius 1 is 1.19 bits per heavy atom. The first-order chi connectivity index (χ1) is 14.9. The second-order valence-corrected chi connectivity index (χ2v) is 7.26. The molecule has 1 amide bonds. The van der Waals surface area contributed by atoms with Crippen molar-refractivity contribution in [3.05, 3.63) is 95.6 Å². The minimum absolute atomic E-state index is 0.0793. The summed E-state index contributed by atoms with van der Waals surface area (Å²) in [6.07, 6.45) is 6.56. The van der Waals surface area contributed by atoms with Crippen molar-refractivity contribution in [1.29, 1.82) is 0 Å². The molecule has 1 atom stereocenters. The number of likely N-dealkylation sites (N-methyl/N-ethyl adjacent to an activating group) is 1. The zero-order chi connectivity index (χ0) is 23.0. The van der Waals surface area contributed by atoms with Gasteiger partial charge in [0.15, 0.2) is 0 Å². The van der Waals surface area contributed by atoms with E-state index in [1.54, 1.807) is 54.4 Å². The highest BCUT2D eigenvalue weighted by Crippen LogP contribution is 2.31. The van der Waals surface area contributed by atoms with Gasteiger partial charge in [0, 0.05) is 23.2 Å². The number of fused-ring (bicyclic) bond motifs is 1. The fourth-order valence-corrected chi connectivity index (χ4v) is 3.53. The number of aliphatic imine (C=N–C) groups is 1. The Hall–Kier alpha value is -3.11. The number of carbonyl (C=O) groups is 1. The Bertz CT molecular complexity index is 1010. The van der Waals surface area contributed by atoms with E-state index in [0.717, 1.165) is 22.4 Å². The summed E-state index contributed by atoms with van der Waals surface area (Å²) in [5.41, 5.74) is 4.02. The molecule has 0 spiro atoms. The lowest BCUT2D eigenvalue weighted by Gasteiger charge is -2.20. The molecule has 162 valence electrons. The Kier molecular flexibility index (Phi) is 8.83. The highest BCUT2D eigenvalue weighted by atomic mass is 35.5. The molecule has 1 unspecified atom stereocenters. The number of carbonyl (C=O) groups excluding carboxylic acids is 1. The van der Waals surface area contributed by atoms with Crippen LogP contribution in [-0.2, 0) is 4.79 Å². The first-order valence-electron chi connectivity index (χ1n) is 10.3. The van der Waals surface area contributed by atoms with E-state index >= 15 is 0 Å². The van der Waals surface area contributed by atoms with Crippen LogP contribution in [0.3, 0.4) is 0 Å². The van der Waals surface area contributed by atoms with Crippen molar-refractivity contribution in [3.63, 3.8) is 0 Å². The molecule has 2 aromatic rings. The van der Waals surface area contributed by atoms with E-state index in [1.807, 2.05) is 32.1 Å². The third kappa shape index (κ3) is 5.74. The number of phenols is 1. The van der Waals surface area contributed by atoms with Gasteiger partial charge in [-0.1, -0.05) is 56.8 Å². The molecular weight excluding hydrogens is 408 g/mol. The van der Waals surface area contributed by atoms with Crippen LogP contribution in [0.25, 0.3) is 0 Å². The molecule has 31 heavy (non-hydrogen) atoms. The summed E-state index contributed by atoms with van der Waals surface area (Å²) < 4.78 is 0. The van der Waals surface area contributed by atoms with Gasteiger partial charge in [0.25, 0.3) is 5.91 Å². The quantitative estimate of drug-likeness (QED) is 0.537. The van der Waals surface area contributed by atoms with Crippen LogP contribution in [-0.4, -0.2) is 29.8 Å². The topological polar surface area (TPSA) is 52.9 Å². The predicted molar refractivity (Wildman–Crippen MR) is 131 cm³/mol. The number of benzodiazepines with no additional fused rings is 1. The number of allylic oxidation sites excluding steroid dienone is 4. The molecule has 2 aromatic carbocycles. The monoisotopic (exact) mass is 436 g/mol. The maximum atomic E-state index is 13.2. The van der Waals surface area contributed by atoms with Gasteiger partial charge >= 0.3 is 0 Å². The largest absolute Gasteiger partial charge is 0.508 e. The third-order valence-corrected chi connectivity index (χ3v) is 5.15. The molecule has 0 aliphatic carbocycles. The first kappa shape index (κ1) is 24.2. The normalized spacial score (nSPS) is 15.8. The van der Waals surface area contributed by atoms with Gasteiger partial charge in [0.1, 0.15) is 11.8 Å². The van der Waals surface area contributed by atoms with E-state index in [0.29, 0.717) is 23.6 Å². The number of aromatic hydroxyl groups is 1. The number of amides is 1. The number of nitrogens with zero attached hydrogens (tertiary/aromatic N) is 2. The van der Waals surface area contributed by atoms with E-state index < -0.39 is 6.04 Å². The summed E-state index contributed by atoms with van der Waals surface area (Å²) in [6, 6.07) is 11.7. The molecule has 0 aromatic heterocycles. The summed E-state index contributed by atoms with van der Waals surface area (Å²) in [7, 11) is 1.76. The Balaban J connectivity index is 0.00000166. The van der Waals surface area contributed by atoms with Gasteiger partial charge in [-0.2, -0.15) is 0 Å². The van der Waals surface area contributed by atoms with Crippen LogP contribution in [0.5, 0.6) is 5.75 Å². The van der Waals surface area contributed by atoms with Crippen molar-refractivity contribution in [3.8, 4) is 5.75 Å². The number of hydrogen-bond donors (Lipinski definition) is 1. The zero-order valence-corrected chi connectivity index (χ0v) is 19.1. The number of phenolic OH excluding ortho intramolecular Hbond substituents is 1. The van der Waals surface area contributed by atoms with Gasteiger partial charge in [-0.05, 0) is 60.9 Å². The highest BCUT2D eigenvalue weighted by molar-refractivity contribution is 6.32. The maximum Gasteiger partial charge on any atom is 0.251 e. The average Bonchev–Trinajstić information content (AvgIpc) is 2.88. The number of anilines is 1. The molecule has 0 bridgehead atoms. The lowest BCUT2D eigenvalue weighted by molar-refractivity contribution is -0.119. The zero-order valence-electron chi connectivity index (χ0n) is 18.3. The summed E-state index contributed by atoms with van der Waals surface area (Å²) in [5, 5.41) is 10.2. The summed E-state index contributed by atoms with van der Waals surface area (Å²) in [5.74, 6) is 0.0913. The van der Waals surface area contributed by atoms with Crippen LogP contribution in [0.2, 0.25) is 5.02 Å². The SMILES string of the molecule is C=C/C=C(\C=C)CCC1N=C(c2ccc(O)cc2)c2cc(Cl)ccc2N(C)C1=O.CC. The number of halogens is 1. The standard InChI is InChI=1S/C24H23ClN2O2.C2H6/c1-4-6-16(5-2)7-13-21-24(29)27(3)22-14-10-18(25)15-20(22)23(26-21)17-8-11-19(28)12-9-17;1-2/h4-6,8-12,14-15,21,28H,1-2,7,13H2,3H3;1-2H3/b16-6+;. The molecular formula is C26H29ClN2O2. The Morgan fingerprint density at radius 2 is 1.87 bits per heavy atom. The third-order valence-electron chi connectivity index (χ3n) is 4.92. The van der Waals surface area contributed by atoms with E-state index in [9.17, 15) is 9.90 Å². The molecule has 1 aliphatic rings. The summed E-state index contributed by atoms with van der Waals surface area (Å²) in [4.78, 5) is 19.7. The van der Waals surface area contributed by atoms with E-state index in [2.05, 4.69) is 13.2 Å². The van der Waals surface area contributed by atoms with Crippen LogP contribution in [0, 0.1) is 0 Å². The molecule has 0 saturated heterocycles. The van der Waals surface area contributed by atoms with Gasteiger partial charge in [-0.15, -0.1) is 0 Å². The van der Waals surface area contributed by atoms with Crippen molar-refractivity contribution < 1.29 is 9.90 Å². The smallest absolute Gasteiger partial charge is 0.251 e. The van der Waals surface area contributed by atoms with Crippen molar-refractivity contribution in [2.45, 2.75) is 32.7 Å². The average molecular weight is 437 g/mol. The molecule has 0 saturated carbocycles. The summed E-state index contributed by atoms with van der Waals surface area (Å²) >= 11 is 6.26. The van der Waals surface area contributed by atoms with Gasteiger partial charge in [-0.3, -0.25) is 9.79 Å². The second kappa shape index (κ2) is 11.3. The van der Waals surface area contributed by atoms with Crippen molar-refractivity contribution in [2.75, 3.05) is 11.9 Å². The van der Waals surface area contributed by atoms with Crippen molar-refractivity contribution in [2.24, 2.45) is 4.99 Å². The molecule has 4 nitrogen and oxygen atoms in total. The lowest BCUT2D eigenvalue weighted by Crippen LogP contribution is -2.34. The summed E-state index contributed by atoms with van der Waals surface area (Å²) in [6.45, 7) is 11.5. The highest BCUT2D eigenvalue weighted by Gasteiger charge is 2.30. The maximum absolute atomic E-state index is 13.2. The van der Waals surface area contributed by atoms with Gasteiger partial charge < -0.3 is 10.0 Å². The number of hydrogen-bond acceptors (Lipinski definition) is 3. The lowest BCUT2D eigenvalue weighted by atomic mass is 10.00. The number of rotatable bonds is 6. The van der Waals surface area contributed by atoms with Gasteiger partial charge in [0.05, 0.1) is 11.4 Å². The minimum Gasteiger partial charge on any atom is -0.508 e. The van der Waals surface area contributed by atoms with Crippen molar-refractivity contribution in [1.82, 2.24) is 0 Å². The second-order valence-electron chi connectivity index (χ2n) is 6.82. The minimum atomic E-state index is -0.553. The van der Waals surface area contributed by atoms with Gasteiger partial charge in [0.2, 0.25) is 0 Å². The van der Waals surface area contributed by atoms with Crippen LogP contribution in [0.1, 0.15) is 37.8 Å². The molecule has 5 heteroatoms. The van der Waals surface area contributed by atoms with Crippen LogP contribution >= 0.6 is 11.6 Å². The molecule has 0 radical (unpaired) electrons. The molecule has 1 aliphatic heterocycles. The fraction of sp³-hybridized carbons (Fsp3) is 0.231. The molecule has 3 rings (SSSR count). The number of benzene rings is 2. The Labute approximate surface area is 189 Å². The molecule has 1 N–H and O–H groups in total. The first-order valence-corrected chi connectivity index (χ1v) is 10.7. The molecule has 0 fully saturated rings. The molecule has 1 heterocycles. The Morgan fingerprint density at radius 3 is 2.48 bits per heavy atom. The van der Waals surface area contributed by atoms with Gasteiger partial charge in [-0.25, -0.2) is 0 Å². The van der Waals surface area contributed by atoms with Crippen LogP contribution in [0.4, 0.5) is 5.69 Å². The fourth-order valence-electron chi connectivity index (χ4n) is 3.36.